The first-order chi connectivity index (χ1) is 13.8. The van der Waals surface area contributed by atoms with Crippen molar-refractivity contribution in [3.8, 4) is 0 Å². The van der Waals surface area contributed by atoms with E-state index in [0.717, 1.165) is 30.6 Å². The molecule has 28 heavy (non-hydrogen) atoms. The lowest BCUT2D eigenvalue weighted by Gasteiger charge is -2.24. The van der Waals surface area contributed by atoms with E-state index in [2.05, 4.69) is 55.5 Å². The summed E-state index contributed by atoms with van der Waals surface area (Å²) in [6, 6.07) is 8.30. The highest BCUT2D eigenvalue weighted by molar-refractivity contribution is 8.03. The van der Waals surface area contributed by atoms with Gasteiger partial charge in [-0.1, -0.05) is 93.3 Å². The maximum absolute atomic E-state index is 12.3. The van der Waals surface area contributed by atoms with Gasteiger partial charge in [0.1, 0.15) is 0 Å². The smallest absolute Gasteiger partial charge is 0.162 e. The van der Waals surface area contributed by atoms with Gasteiger partial charge in [-0.15, -0.1) is 11.8 Å². The Bertz CT molecular complexity index is 764. The van der Waals surface area contributed by atoms with Crippen molar-refractivity contribution in [1.29, 1.82) is 0 Å². The fraction of sp³-hybridized carbons (Fsp3) is 0.423. The maximum atomic E-state index is 12.3. The molecule has 0 radical (unpaired) electrons. The molecule has 1 aromatic rings. The molecule has 1 atom stereocenters. The number of benzene rings is 1. The van der Waals surface area contributed by atoms with E-state index in [1.807, 2.05) is 23.9 Å². The van der Waals surface area contributed by atoms with Crippen LogP contribution in [0.3, 0.4) is 0 Å². The zero-order valence-electron chi connectivity index (χ0n) is 17.0. The van der Waals surface area contributed by atoms with Crippen LogP contribution in [0.1, 0.15) is 67.8 Å². The molecule has 2 heteroatoms. The largest absolute Gasteiger partial charge is 0.294 e. The Morgan fingerprint density at radius 1 is 1.04 bits per heavy atom. The first-order valence-corrected chi connectivity index (χ1v) is 11.8. The molecule has 0 fully saturated rings. The van der Waals surface area contributed by atoms with Crippen LogP contribution >= 0.6 is 11.8 Å². The number of rotatable bonds is 11. The van der Waals surface area contributed by atoms with Gasteiger partial charge >= 0.3 is 0 Å². The number of thioether (sulfide) groups is 1. The highest BCUT2D eigenvalue weighted by atomic mass is 32.2. The van der Waals surface area contributed by atoms with Crippen LogP contribution in [0.25, 0.3) is 0 Å². The Kier molecular flexibility index (Phi) is 8.42. The van der Waals surface area contributed by atoms with Gasteiger partial charge in [0.2, 0.25) is 0 Å². The maximum Gasteiger partial charge on any atom is 0.162 e. The molecule has 1 nitrogen and oxygen atoms in total. The highest BCUT2D eigenvalue weighted by Gasteiger charge is 2.20. The van der Waals surface area contributed by atoms with Crippen LogP contribution in [0, 0.1) is 5.92 Å². The summed E-state index contributed by atoms with van der Waals surface area (Å²) in [6.07, 6.45) is 22.2. The normalized spacial score (nSPS) is 17.8. The van der Waals surface area contributed by atoms with Gasteiger partial charge in [0.25, 0.3) is 0 Å². The van der Waals surface area contributed by atoms with Crippen molar-refractivity contribution >= 4 is 17.5 Å². The van der Waals surface area contributed by atoms with E-state index in [4.69, 9.17) is 0 Å². The summed E-state index contributed by atoms with van der Waals surface area (Å²) in [5.74, 6) is 1.93. The molecular weight excluding hydrogens is 360 g/mol. The van der Waals surface area contributed by atoms with Crippen molar-refractivity contribution in [1.82, 2.24) is 0 Å². The second-order valence-electron chi connectivity index (χ2n) is 7.69. The van der Waals surface area contributed by atoms with Crippen molar-refractivity contribution in [2.45, 2.75) is 58.3 Å². The SMILES string of the molecule is CCCCCCCC(=O)c1ccc(CCSC2=CC=CC3=CC=CCC32)cc1. The van der Waals surface area contributed by atoms with Gasteiger partial charge in [-0.05, 0) is 35.3 Å². The molecule has 2 aliphatic carbocycles. The van der Waals surface area contributed by atoms with Crippen molar-refractivity contribution in [2.75, 3.05) is 5.75 Å². The summed E-state index contributed by atoms with van der Waals surface area (Å²) < 4.78 is 0. The van der Waals surface area contributed by atoms with E-state index in [9.17, 15) is 4.79 Å². The fourth-order valence-corrected chi connectivity index (χ4v) is 4.98. The summed E-state index contributed by atoms with van der Waals surface area (Å²) in [6.45, 7) is 2.22. The topological polar surface area (TPSA) is 17.1 Å². The zero-order valence-corrected chi connectivity index (χ0v) is 17.8. The van der Waals surface area contributed by atoms with Gasteiger partial charge in [-0.3, -0.25) is 4.79 Å². The summed E-state index contributed by atoms with van der Waals surface area (Å²) in [5.41, 5.74) is 3.62. The third kappa shape index (κ3) is 6.10. The number of hydrogen-bond acceptors (Lipinski definition) is 2. The van der Waals surface area contributed by atoms with Crippen molar-refractivity contribution in [2.24, 2.45) is 5.92 Å². The molecule has 1 aromatic carbocycles. The van der Waals surface area contributed by atoms with E-state index < -0.39 is 0 Å². The monoisotopic (exact) mass is 392 g/mol. The number of fused-ring (bicyclic) bond motifs is 1. The predicted octanol–water partition coefficient (Wildman–Crippen LogP) is 7.46. The molecule has 0 amide bonds. The third-order valence-corrected chi connectivity index (χ3v) is 6.70. The molecular formula is C26H32OS. The van der Waals surface area contributed by atoms with Crippen LogP contribution in [0.15, 0.2) is 71.2 Å². The number of allylic oxidation sites excluding steroid dienone is 8. The number of unbranched alkanes of at least 4 members (excludes halogenated alkanes) is 4. The van der Waals surface area contributed by atoms with E-state index in [-0.39, 0.29) is 0 Å². The second-order valence-corrected chi connectivity index (χ2v) is 8.86. The fourth-order valence-electron chi connectivity index (χ4n) is 3.79. The minimum absolute atomic E-state index is 0.293. The Balaban J connectivity index is 1.41. The third-order valence-electron chi connectivity index (χ3n) is 5.53. The minimum Gasteiger partial charge on any atom is -0.294 e. The molecule has 0 aromatic heterocycles. The van der Waals surface area contributed by atoms with Crippen molar-refractivity contribution < 1.29 is 4.79 Å². The van der Waals surface area contributed by atoms with Crippen molar-refractivity contribution in [3.63, 3.8) is 0 Å². The van der Waals surface area contributed by atoms with Crippen molar-refractivity contribution in [3.05, 3.63) is 82.3 Å². The van der Waals surface area contributed by atoms with E-state index in [1.165, 1.54) is 41.7 Å². The average Bonchev–Trinajstić information content (AvgIpc) is 2.74. The number of carbonyl (C=O) groups excluding carboxylic acids is 1. The summed E-state index contributed by atoms with van der Waals surface area (Å²) in [4.78, 5) is 13.8. The van der Waals surface area contributed by atoms with Gasteiger partial charge in [-0.2, -0.15) is 0 Å². The van der Waals surface area contributed by atoms with Gasteiger partial charge < -0.3 is 0 Å². The number of Topliss-reactive ketones (excluding diaryl/α,β-unsaturated/α-hetero) is 1. The molecule has 0 spiro atoms. The predicted molar refractivity (Wildman–Crippen MR) is 123 cm³/mol. The molecule has 148 valence electrons. The molecule has 3 rings (SSSR count). The molecule has 0 aliphatic heterocycles. The molecule has 0 heterocycles. The highest BCUT2D eigenvalue weighted by Crippen LogP contribution is 2.38. The zero-order chi connectivity index (χ0) is 19.6. The summed E-state index contributed by atoms with van der Waals surface area (Å²) >= 11 is 1.97. The van der Waals surface area contributed by atoms with Gasteiger partial charge in [-0.25, -0.2) is 0 Å². The summed E-state index contributed by atoms with van der Waals surface area (Å²) in [7, 11) is 0. The molecule has 0 saturated carbocycles. The lowest BCUT2D eigenvalue weighted by molar-refractivity contribution is 0.0979. The van der Waals surface area contributed by atoms with Crippen LogP contribution < -0.4 is 0 Å². The minimum atomic E-state index is 0.293. The van der Waals surface area contributed by atoms with Gasteiger partial charge in [0.15, 0.2) is 5.78 Å². The Morgan fingerprint density at radius 2 is 1.86 bits per heavy atom. The first-order valence-electron chi connectivity index (χ1n) is 10.8. The summed E-state index contributed by atoms with van der Waals surface area (Å²) in [5, 5.41) is 0. The first kappa shape index (κ1) is 20.9. The van der Waals surface area contributed by atoms with Crippen LogP contribution in [0.5, 0.6) is 0 Å². The molecule has 0 saturated heterocycles. The van der Waals surface area contributed by atoms with Gasteiger partial charge in [0.05, 0.1) is 0 Å². The molecule has 0 bridgehead atoms. The lowest BCUT2D eigenvalue weighted by atomic mass is 9.88. The van der Waals surface area contributed by atoms with E-state index in [0.29, 0.717) is 18.1 Å². The quantitative estimate of drug-likeness (QED) is 0.287. The Labute approximate surface area is 174 Å². The second kappa shape index (κ2) is 11.3. The van der Waals surface area contributed by atoms with Gasteiger partial charge in [0, 0.05) is 23.7 Å². The number of carbonyl (C=O) groups is 1. The number of ketones is 1. The van der Waals surface area contributed by atoms with E-state index >= 15 is 0 Å². The van der Waals surface area contributed by atoms with Crippen LogP contribution in [0.2, 0.25) is 0 Å². The molecule has 2 aliphatic rings. The van der Waals surface area contributed by atoms with Crippen LogP contribution in [-0.2, 0) is 6.42 Å². The molecule has 0 N–H and O–H groups in total. The standard InChI is InChI=1S/C26H32OS/c1-2-3-4-5-6-13-25(27)23-17-15-21(16-18-23)19-20-28-26-14-9-11-22-10-7-8-12-24(22)26/h7-11,14-18,24H,2-6,12-13,19-20H2,1H3. The number of aryl methyl sites for hydroxylation is 1. The Morgan fingerprint density at radius 3 is 2.68 bits per heavy atom. The average molecular weight is 393 g/mol. The van der Waals surface area contributed by atoms with E-state index in [1.54, 1.807) is 0 Å². The number of hydrogen-bond donors (Lipinski definition) is 0. The lowest BCUT2D eigenvalue weighted by Crippen LogP contribution is -2.09. The van der Waals surface area contributed by atoms with Crippen LogP contribution in [-0.4, -0.2) is 11.5 Å². The Hall–Kier alpha value is -1.80. The molecule has 1 unspecified atom stereocenters. The van der Waals surface area contributed by atoms with Crippen LogP contribution in [0.4, 0.5) is 0 Å².